The minimum absolute atomic E-state index is 0.0663. The van der Waals surface area contributed by atoms with Crippen LogP contribution >= 0.6 is 0 Å². The standard InChI is InChI=1S/C22H25N3O3/c1-14(21-23-18-8-5-4-7-16(18)22(26)24-21)25-12-6-9-19(25)17-11-10-15(27-2)13-20(17)28-3/h4-5,7-8,10-11,13-14,19H,6,9,12H2,1-3H3,(H,23,24,26)/p+1/t14-,19-/m1/s1. The number of hydrogen-bond donors (Lipinski definition) is 2. The van der Waals surface area contributed by atoms with Crippen molar-refractivity contribution in [2.75, 3.05) is 20.8 Å². The van der Waals surface area contributed by atoms with Gasteiger partial charge in [-0.25, -0.2) is 4.98 Å². The molecule has 1 aromatic heterocycles. The molecule has 0 amide bonds. The molecule has 3 atom stereocenters. The van der Waals surface area contributed by atoms with Gasteiger partial charge in [-0.3, -0.25) is 4.79 Å². The van der Waals surface area contributed by atoms with E-state index in [4.69, 9.17) is 14.5 Å². The zero-order chi connectivity index (χ0) is 19.7. The zero-order valence-corrected chi connectivity index (χ0v) is 16.5. The Labute approximate surface area is 164 Å². The van der Waals surface area contributed by atoms with Crippen molar-refractivity contribution in [1.82, 2.24) is 9.97 Å². The van der Waals surface area contributed by atoms with Gasteiger partial charge in [0.05, 0.1) is 37.2 Å². The maximum Gasteiger partial charge on any atom is 0.258 e. The average molecular weight is 380 g/mol. The molecule has 4 rings (SSSR count). The van der Waals surface area contributed by atoms with E-state index in [0.717, 1.165) is 42.2 Å². The van der Waals surface area contributed by atoms with E-state index < -0.39 is 0 Å². The van der Waals surface area contributed by atoms with Crippen LogP contribution in [-0.2, 0) is 0 Å². The van der Waals surface area contributed by atoms with Crippen LogP contribution in [0.3, 0.4) is 0 Å². The predicted octanol–water partition coefficient (Wildman–Crippen LogP) is 2.42. The second-order valence-electron chi connectivity index (χ2n) is 7.32. The Balaban J connectivity index is 1.70. The van der Waals surface area contributed by atoms with Gasteiger partial charge in [0.25, 0.3) is 5.56 Å². The topological polar surface area (TPSA) is 68.7 Å². The van der Waals surface area contributed by atoms with Crippen LogP contribution < -0.4 is 19.9 Å². The number of aromatic amines is 1. The maximum atomic E-state index is 12.5. The highest BCUT2D eigenvalue weighted by Gasteiger charge is 2.37. The summed E-state index contributed by atoms with van der Waals surface area (Å²) in [5.74, 6) is 2.36. The number of H-pyrrole nitrogens is 1. The highest BCUT2D eigenvalue weighted by molar-refractivity contribution is 5.77. The summed E-state index contributed by atoms with van der Waals surface area (Å²) in [6.45, 7) is 3.16. The number of methoxy groups -OCH3 is 2. The number of nitrogens with zero attached hydrogens (tertiary/aromatic N) is 1. The van der Waals surface area contributed by atoms with Crippen molar-refractivity contribution in [1.29, 1.82) is 0 Å². The van der Waals surface area contributed by atoms with Gasteiger partial charge in [0.2, 0.25) is 0 Å². The Hall–Kier alpha value is -2.86. The lowest BCUT2D eigenvalue weighted by atomic mass is 10.0. The van der Waals surface area contributed by atoms with Crippen LogP contribution in [-0.4, -0.2) is 30.7 Å². The van der Waals surface area contributed by atoms with Gasteiger partial charge in [-0.1, -0.05) is 12.1 Å². The van der Waals surface area contributed by atoms with Crippen molar-refractivity contribution in [3.8, 4) is 11.5 Å². The van der Waals surface area contributed by atoms with Crippen molar-refractivity contribution < 1.29 is 14.4 Å². The third-order valence-electron chi connectivity index (χ3n) is 5.82. The summed E-state index contributed by atoms with van der Waals surface area (Å²) in [7, 11) is 3.35. The average Bonchev–Trinajstić information content (AvgIpc) is 3.22. The van der Waals surface area contributed by atoms with Crippen molar-refractivity contribution >= 4 is 10.9 Å². The fourth-order valence-corrected chi connectivity index (χ4v) is 4.33. The molecule has 2 aromatic carbocycles. The van der Waals surface area contributed by atoms with Gasteiger partial charge < -0.3 is 19.4 Å². The van der Waals surface area contributed by atoms with Crippen molar-refractivity contribution in [3.63, 3.8) is 0 Å². The lowest BCUT2D eigenvalue weighted by Crippen LogP contribution is -3.10. The molecule has 0 saturated carbocycles. The largest absolute Gasteiger partial charge is 0.497 e. The van der Waals surface area contributed by atoms with Crippen LogP contribution in [0.5, 0.6) is 11.5 Å². The smallest absolute Gasteiger partial charge is 0.258 e. The van der Waals surface area contributed by atoms with Gasteiger partial charge in [0.15, 0.2) is 5.82 Å². The van der Waals surface area contributed by atoms with E-state index in [1.54, 1.807) is 14.2 Å². The molecular weight excluding hydrogens is 354 g/mol. The van der Waals surface area contributed by atoms with Gasteiger partial charge in [-0.15, -0.1) is 0 Å². The summed E-state index contributed by atoms with van der Waals surface area (Å²) >= 11 is 0. The Kier molecular flexibility index (Phi) is 5.05. The second kappa shape index (κ2) is 7.64. The lowest BCUT2D eigenvalue weighted by molar-refractivity contribution is -0.948. The van der Waals surface area contributed by atoms with Gasteiger partial charge >= 0.3 is 0 Å². The third-order valence-corrected chi connectivity index (χ3v) is 5.82. The number of benzene rings is 2. The first-order valence-electron chi connectivity index (χ1n) is 9.69. The molecule has 1 unspecified atom stereocenters. The van der Waals surface area contributed by atoms with E-state index in [1.165, 1.54) is 10.5 Å². The summed E-state index contributed by atoms with van der Waals surface area (Å²) in [4.78, 5) is 21.7. The molecule has 1 fully saturated rings. The van der Waals surface area contributed by atoms with Crippen LogP contribution in [0.2, 0.25) is 0 Å². The molecule has 6 heteroatoms. The number of aromatic nitrogens is 2. The van der Waals surface area contributed by atoms with Crippen LogP contribution in [0, 0.1) is 0 Å². The van der Waals surface area contributed by atoms with Gasteiger partial charge in [0, 0.05) is 18.9 Å². The first kappa shape index (κ1) is 18.5. The van der Waals surface area contributed by atoms with Gasteiger partial charge in [0.1, 0.15) is 23.6 Å². The van der Waals surface area contributed by atoms with Crippen LogP contribution in [0.15, 0.2) is 47.3 Å². The Morgan fingerprint density at radius 1 is 1.18 bits per heavy atom. The highest BCUT2D eigenvalue weighted by Crippen LogP contribution is 2.32. The SMILES string of the molecule is COc1ccc([C@H]2CCC[NH+]2[C@H](C)c2nc3ccccc3c(=O)[nH]2)c(OC)c1. The first-order chi connectivity index (χ1) is 13.6. The molecule has 2 N–H and O–H groups in total. The summed E-state index contributed by atoms with van der Waals surface area (Å²) in [5, 5.41) is 0.628. The molecular formula is C22H26N3O3+. The van der Waals surface area contributed by atoms with E-state index >= 15 is 0 Å². The summed E-state index contributed by atoms with van der Waals surface area (Å²) in [6.07, 6.45) is 2.19. The molecule has 0 bridgehead atoms. The van der Waals surface area contributed by atoms with Crippen molar-refractivity contribution in [3.05, 3.63) is 64.2 Å². The predicted molar refractivity (Wildman–Crippen MR) is 108 cm³/mol. The molecule has 3 aromatic rings. The minimum Gasteiger partial charge on any atom is -0.497 e. The van der Waals surface area contributed by atoms with E-state index in [9.17, 15) is 4.79 Å². The molecule has 2 heterocycles. The Morgan fingerprint density at radius 3 is 2.79 bits per heavy atom. The number of ether oxygens (including phenoxy) is 2. The number of rotatable bonds is 5. The monoisotopic (exact) mass is 380 g/mol. The number of likely N-dealkylation sites (tertiary alicyclic amines) is 1. The van der Waals surface area contributed by atoms with Crippen molar-refractivity contribution in [2.45, 2.75) is 31.8 Å². The second-order valence-corrected chi connectivity index (χ2v) is 7.32. The van der Waals surface area contributed by atoms with Crippen LogP contribution in [0.1, 0.15) is 43.2 Å². The van der Waals surface area contributed by atoms with Crippen molar-refractivity contribution in [2.24, 2.45) is 0 Å². The molecule has 146 valence electrons. The normalized spacial score (nSPS) is 20.2. The Morgan fingerprint density at radius 2 is 2.00 bits per heavy atom. The molecule has 0 radical (unpaired) electrons. The van der Waals surface area contributed by atoms with E-state index in [1.807, 2.05) is 36.4 Å². The lowest BCUT2D eigenvalue weighted by Gasteiger charge is -2.28. The van der Waals surface area contributed by atoms with E-state index in [2.05, 4.69) is 18.0 Å². The van der Waals surface area contributed by atoms with Gasteiger partial charge in [-0.05, 0) is 31.2 Å². The Bertz CT molecular complexity index is 1050. The number of fused-ring (bicyclic) bond motifs is 1. The summed E-state index contributed by atoms with van der Waals surface area (Å²) in [6, 6.07) is 13.8. The first-order valence-corrected chi connectivity index (χ1v) is 9.69. The van der Waals surface area contributed by atoms with E-state index in [-0.39, 0.29) is 17.6 Å². The molecule has 0 spiro atoms. The molecule has 1 aliphatic rings. The summed E-state index contributed by atoms with van der Waals surface area (Å²) in [5.41, 5.74) is 1.83. The van der Waals surface area contributed by atoms with E-state index in [0.29, 0.717) is 5.39 Å². The highest BCUT2D eigenvalue weighted by atomic mass is 16.5. The molecule has 28 heavy (non-hydrogen) atoms. The fourth-order valence-electron chi connectivity index (χ4n) is 4.33. The third kappa shape index (κ3) is 3.24. The summed E-state index contributed by atoms with van der Waals surface area (Å²) < 4.78 is 11.0. The molecule has 0 aliphatic carbocycles. The molecule has 6 nitrogen and oxygen atoms in total. The number of nitrogens with one attached hydrogen (secondary N) is 2. The maximum absolute atomic E-state index is 12.5. The number of para-hydroxylation sites is 1. The van der Waals surface area contributed by atoms with Gasteiger partial charge in [-0.2, -0.15) is 0 Å². The fraction of sp³-hybridized carbons (Fsp3) is 0.364. The van der Waals surface area contributed by atoms with Crippen LogP contribution in [0.25, 0.3) is 10.9 Å². The zero-order valence-electron chi connectivity index (χ0n) is 16.5. The quantitative estimate of drug-likeness (QED) is 0.713. The van der Waals surface area contributed by atoms with Crippen LogP contribution in [0.4, 0.5) is 0 Å². The minimum atomic E-state index is -0.0791. The molecule has 1 aliphatic heterocycles. The number of hydrogen-bond acceptors (Lipinski definition) is 4. The number of quaternary nitrogens is 1. The molecule has 1 saturated heterocycles.